The lowest BCUT2D eigenvalue weighted by Crippen LogP contribution is -2.09. The van der Waals surface area contributed by atoms with Gasteiger partial charge in [0.05, 0.1) is 11.4 Å². The Morgan fingerprint density at radius 3 is 2.13 bits per heavy atom. The Hall–Kier alpha value is -1.13. The van der Waals surface area contributed by atoms with Crippen LogP contribution in [0.25, 0.3) is 0 Å². The first-order valence-corrected chi connectivity index (χ1v) is 4.82. The largest absolute Gasteiger partial charge is 0.389 e. The summed E-state index contributed by atoms with van der Waals surface area (Å²) in [7, 11) is 0. The normalized spacial score (nSPS) is 10.5. The number of rotatable bonds is 2. The van der Waals surface area contributed by atoms with Gasteiger partial charge in [-0.05, 0) is 13.3 Å². The second kappa shape index (κ2) is 6.37. The summed E-state index contributed by atoms with van der Waals surface area (Å²) < 4.78 is 35.3. The van der Waals surface area contributed by atoms with E-state index in [1.807, 2.05) is 13.8 Å². The van der Waals surface area contributed by atoms with Crippen LogP contribution in [0.4, 0.5) is 13.2 Å². The van der Waals surface area contributed by atoms with Crippen molar-refractivity contribution in [3.8, 4) is 0 Å². The van der Waals surface area contributed by atoms with Gasteiger partial charge in [0.15, 0.2) is 0 Å². The van der Waals surface area contributed by atoms with Crippen LogP contribution in [0.1, 0.15) is 31.7 Å². The molecule has 1 heterocycles. The molecule has 0 N–H and O–H groups in total. The summed E-state index contributed by atoms with van der Waals surface area (Å²) >= 11 is 0. The fourth-order valence-electron chi connectivity index (χ4n) is 0.818. The van der Waals surface area contributed by atoms with Crippen LogP contribution in [0.2, 0.25) is 0 Å². The van der Waals surface area contributed by atoms with Crippen LogP contribution in [0.5, 0.6) is 0 Å². The Morgan fingerprint density at radius 2 is 1.73 bits per heavy atom. The summed E-state index contributed by atoms with van der Waals surface area (Å²) in [5, 5.41) is 0. The Balaban J connectivity index is 0.000000921. The van der Waals surface area contributed by atoms with E-state index in [1.165, 1.54) is 12.4 Å². The van der Waals surface area contributed by atoms with Gasteiger partial charge in [0.1, 0.15) is 0 Å². The van der Waals surface area contributed by atoms with Gasteiger partial charge in [-0.15, -0.1) is 0 Å². The number of nitrogens with zero attached hydrogens (tertiary/aromatic N) is 2. The van der Waals surface area contributed by atoms with Crippen molar-refractivity contribution in [2.75, 3.05) is 0 Å². The summed E-state index contributed by atoms with van der Waals surface area (Å²) in [6.07, 6.45) is -2.22. The molecule has 86 valence electrons. The van der Waals surface area contributed by atoms with Gasteiger partial charge in [-0.25, -0.2) is 0 Å². The molecule has 0 aliphatic carbocycles. The van der Waals surface area contributed by atoms with E-state index in [-0.39, 0.29) is 6.42 Å². The zero-order chi connectivity index (χ0) is 11.9. The first-order chi connectivity index (χ1) is 6.97. The van der Waals surface area contributed by atoms with Crippen molar-refractivity contribution in [2.24, 2.45) is 0 Å². The molecule has 0 unspecified atom stereocenters. The molecule has 0 spiro atoms. The van der Waals surface area contributed by atoms with Gasteiger partial charge < -0.3 is 0 Å². The Labute approximate surface area is 87.6 Å². The molecule has 0 fully saturated rings. The minimum atomic E-state index is -4.12. The van der Waals surface area contributed by atoms with Gasteiger partial charge in [0.25, 0.3) is 0 Å². The molecule has 15 heavy (non-hydrogen) atoms. The smallest absolute Gasteiger partial charge is 0.258 e. The van der Waals surface area contributed by atoms with Crippen LogP contribution in [0.15, 0.2) is 12.4 Å². The van der Waals surface area contributed by atoms with Gasteiger partial charge in [0, 0.05) is 18.8 Å². The van der Waals surface area contributed by atoms with Crippen LogP contribution in [-0.2, 0) is 6.42 Å². The maximum absolute atomic E-state index is 11.8. The third-order valence-electron chi connectivity index (χ3n) is 1.50. The summed E-state index contributed by atoms with van der Waals surface area (Å²) in [6.45, 7) is 5.74. The molecule has 2 nitrogen and oxygen atoms in total. The molecule has 0 aromatic carbocycles. The molecule has 0 radical (unpaired) electrons. The van der Waals surface area contributed by atoms with E-state index in [9.17, 15) is 13.2 Å². The highest BCUT2D eigenvalue weighted by Crippen LogP contribution is 2.21. The van der Waals surface area contributed by atoms with Crippen LogP contribution >= 0.6 is 0 Å². The predicted molar refractivity (Wildman–Crippen MR) is 52.5 cm³/mol. The maximum Gasteiger partial charge on any atom is 0.389 e. The number of aromatic nitrogens is 2. The Morgan fingerprint density at radius 1 is 1.13 bits per heavy atom. The van der Waals surface area contributed by atoms with Gasteiger partial charge >= 0.3 is 6.18 Å². The zero-order valence-electron chi connectivity index (χ0n) is 9.10. The lowest BCUT2D eigenvalue weighted by molar-refractivity contribution is -0.134. The van der Waals surface area contributed by atoms with Gasteiger partial charge in [-0.2, -0.15) is 13.2 Å². The fraction of sp³-hybridized carbons (Fsp3) is 0.600. The maximum atomic E-state index is 11.8. The highest BCUT2D eigenvalue weighted by Gasteiger charge is 2.26. The SMILES string of the molecule is CC.Cc1cnc(CCC(F)(F)F)cn1. The lowest BCUT2D eigenvalue weighted by Gasteiger charge is -2.04. The molecule has 0 saturated carbocycles. The average Bonchev–Trinajstić information content (AvgIpc) is 2.19. The highest BCUT2D eigenvalue weighted by molar-refractivity contribution is 5.00. The quantitative estimate of drug-likeness (QED) is 0.764. The predicted octanol–water partition coefficient (Wildman–Crippen LogP) is 3.31. The van der Waals surface area contributed by atoms with Crippen molar-refractivity contribution in [3.05, 3.63) is 23.8 Å². The van der Waals surface area contributed by atoms with Crippen molar-refractivity contribution in [1.29, 1.82) is 0 Å². The molecule has 1 aromatic heterocycles. The number of hydrogen-bond donors (Lipinski definition) is 0. The van der Waals surface area contributed by atoms with E-state index in [0.717, 1.165) is 0 Å². The summed E-state index contributed by atoms with van der Waals surface area (Å²) in [5.41, 5.74) is 1.08. The Kier molecular flexibility index (Phi) is 5.89. The van der Waals surface area contributed by atoms with Crippen molar-refractivity contribution >= 4 is 0 Å². The molecule has 1 rings (SSSR count). The Bertz CT molecular complexity index is 267. The molecule has 0 aliphatic heterocycles. The first-order valence-electron chi connectivity index (χ1n) is 4.82. The molecular formula is C10H15F3N2. The topological polar surface area (TPSA) is 25.8 Å². The third kappa shape index (κ3) is 6.88. The van der Waals surface area contributed by atoms with E-state index < -0.39 is 12.6 Å². The van der Waals surface area contributed by atoms with Gasteiger partial charge in [0.2, 0.25) is 0 Å². The van der Waals surface area contributed by atoms with Gasteiger partial charge in [-0.3, -0.25) is 9.97 Å². The number of halogens is 3. The number of aryl methyl sites for hydroxylation is 2. The van der Waals surface area contributed by atoms with Crippen molar-refractivity contribution in [2.45, 2.75) is 39.8 Å². The summed E-state index contributed by atoms with van der Waals surface area (Å²) in [5.74, 6) is 0. The highest BCUT2D eigenvalue weighted by atomic mass is 19.4. The molecule has 1 aromatic rings. The molecule has 0 saturated heterocycles. The van der Waals surface area contributed by atoms with E-state index in [0.29, 0.717) is 11.4 Å². The van der Waals surface area contributed by atoms with Crippen LogP contribution in [0, 0.1) is 6.92 Å². The average molecular weight is 220 g/mol. The molecule has 5 heteroatoms. The number of alkyl halides is 3. The molecule has 0 atom stereocenters. The minimum absolute atomic E-state index is 0.100. The van der Waals surface area contributed by atoms with Crippen molar-refractivity contribution in [1.82, 2.24) is 9.97 Å². The number of hydrogen-bond acceptors (Lipinski definition) is 2. The zero-order valence-corrected chi connectivity index (χ0v) is 9.10. The van der Waals surface area contributed by atoms with Crippen LogP contribution in [-0.4, -0.2) is 16.1 Å². The van der Waals surface area contributed by atoms with Gasteiger partial charge in [-0.1, -0.05) is 13.8 Å². The van der Waals surface area contributed by atoms with Crippen LogP contribution in [0.3, 0.4) is 0 Å². The van der Waals surface area contributed by atoms with Crippen molar-refractivity contribution < 1.29 is 13.2 Å². The van der Waals surface area contributed by atoms with E-state index in [4.69, 9.17) is 0 Å². The second-order valence-corrected chi connectivity index (χ2v) is 2.76. The molecule has 0 bridgehead atoms. The summed E-state index contributed by atoms with van der Waals surface area (Å²) in [4.78, 5) is 7.67. The standard InChI is InChI=1S/C8H9F3N2.C2H6/c1-6-4-13-7(5-12-6)2-3-8(9,10)11;1-2/h4-5H,2-3H2,1H3;1-2H3. The summed E-state index contributed by atoms with van der Waals surface area (Å²) in [6, 6.07) is 0. The second-order valence-electron chi connectivity index (χ2n) is 2.76. The van der Waals surface area contributed by atoms with Crippen molar-refractivity contribution in [3.63, 3.8) is 0 Å². The first kappa shape index (κ1) is 13.9. The van der Waals surface area contributed by atoms with E-state index in [2.05, 4.69) is 9.97 Å². The molecular weight excluding hydrogens is 205 g/mol. The fourth-order valence-corrected chi connectivity index (χ4v) is 0.818. The third-order valence-corrected chi connectivity index (χ3v) is 1.50. The monoisotopic (exact) mass is 220 g/mol. The minimum Gasteiger partial charge on any atom is -0.258 e. The lowest BCUT2D eigenvalue weighted by atomic mass is 10.2. The molecule has 0 aliphatic rings. The van der Waals surface area contributed by atoms with Crippen LogP contribution < -0.4 is 0 Å². The molecule has 0 amide bonds. The van der Waals surface area contributed by atoms with E-state index in [1.54, 1.807) is 6.92 Å². The van der Waals surface area contributed by atoms with E-state index >= 15 is 0 Å².